The third-order valence-corrected chi connectivity index (χ3v) is 8.35. The summed E-state index contributed by atoms with van der Waals surface area (Å²) in [6.07, 6.45) is 10.1. The first-order valence-corrected chi connectivity index (χ1v) is 9.16. The van der Waals surface area contributed by atoms with E-state index in [0.717, 1.165) is 49.9 Å². The zero-order chi connectivity index (χ0) is 14.8. The molecule has 1 unspecified atom stereocenters. The van der Waals surface area contributed by atoms with Crippen LogP contribution in [-0.4, -0.2) is 17.0 Å². The highest BCUT2D eigenvalue weighted by molar-refractivity contribution is 5.87. The summed E-state index contributed by atoms with van der Waals surface area (Å²) >= 11 is 0. The zero-order valence-electron chi connectivity index (χ0n) is 13.6. The topological polar surface area (TPSA) is 37.3 Å². The Kier molecular flexibility index (Phi) is 3.10. The van der Waals surface area contributed by atoms with Crippen molar-refractivity contribution >= 4 is 5.78 Å². The van der Waals surface area contributed by atoms with E-state index in [4.69, 9.17) is 0 Å². The van der Waals surface area contributed by atoms with Gasteiger partial charge in [0.05, 0.1) is 6.10 Å². The number of aliphatic hydroxyl groups is 1. The molecule has 0 aromatic rings. The van der Waals surface area contributed by atoms with Crippen LogP contribution in [-0.2, 0) is 4.79 Å². The Morgan fingerprint density at radius 2 is 1.81 bits per heavy atom. The lowest BCUT2D eigenvalue weighted by Crippen LogP contribution is -2.54. The smallest absolute Gasteiger partial charge is 0.139 e. The van der Waals surface area contributed by atoms with Crippen LogP contribution in [0.25, 0.3) is 0 Å². The minimum Gasteiger partial charge on any atom is -0.393 e. The van der Waals surface area contributed by atoms with Crippen molar-refractivity contribution in [1.29, 1.82) is 0 Å². The minimum absolute atomic E-state index is 0.0124. The molecule has 4 aliphatic carbocycles. The second kappa shape index (κ2) is 4.57. The average molecular weight is 290 g/mol. The molecule has 0 radical (unpaired) electrons. The van der Waals surface area contributed by atoms with Crippen molar-refractivity contribution in [3.05, 3.63) is 0 Å². The maximum atomic E-state index is 12.4. The van der Waals surface area contributed by atoms with Gasteiger partial charge in [-0.1, -0.05) is 13.8 Å². The number of rotatable bonds is 0. The van der Waals surface area contributed by atoms with Crippen LogP contribution in [0.2, 0.25) is 0 Å². The lowest BCUT2D eigenvalue weighted by atomic mass is 9.45. The Bertz CT molecular complexity index is 458. The van der Waals surface area contributed by atoms with Crippen LogP contribution in [0.5, 0.6) is 0 Å². The number of hydrogen-bond acceptors (Lipinski definition) is 2. The Balaban J connectivity index is 1.64. The van der Waals surface area contributed by atoms with E-state index in [1.807, 2.05) is 0 Å². The molecular formula is C19H30O2. The monoisotopic (exact) mass is 290 g/mol. The summed E-state index contributed by atoms with van der Waals surface area (Å²) in [6, 6.07) is 0. The first-order valence-electron chi connectivity index (χ1n) is 9.16. The molecule has 0 aromatic heterocycles. The van der Waals surface area contributed by atoms with E-state index in [9.17, 15) is 9.90 Å². The number of aliphatic hydroxyl groups excluding tert-OH is 1. The maximum Gasteiger partial charge on any atom is 0.139 e. The number of ketones is 1. The predicted molar refractivity (Wildman–Crippen MR) is 82.7 cm³/mol. The molecule has 4 saturated carbocycles. The Morgan fingerprint density at radius 3 is 2.62 bits per heavy atom. The van der Waals surface area contributed by atoms with Gasteiger partial charge < -0.3 is 5.11 Å². The van der Waals surface area contributed by atoms with E-state index in [1.54, 1.807) is 0 Å². The molecule has 1 N–H and O–H groups in total. The number of hydrogen-bond donors (Lipinski definition) is 1. The quantitative estimate of drug-likeness (QED) is 0.733. The minimum atomic E-state index is -0.0541. The van der Waals surface area contributed by atoms with E-state index < -0.39 is 0 Å². The van der Waals surface area contributed by atoms with Crippen molar-refractivity contribution in [2.45, 2.75) is 77.7 Å². The van der Waals surface area contributed by atoms with Crippen molar-refractivity contribution in [3.63, 3.8) is 0 Å². The molecule has 0 heterocycles. The van der Waals surface area contributed by atoms with E-state index in [0.29, 0.717) is 17.1 Å². The average Bonchev–Trinajstić information content (AvgIpc) is 2.76. The van der Waals surface area contributed by atoms with Crippen LogP contribution in [0, 0.1) is 34.5 Å². The highest BCUT2D eigenvalue weighted by Crippen LogP contribution is 2.65. The van der Waals surface area contributed by atoms with Gasteiger partial charge in [-0.15, -0.1) is 0 Å². The Morgan fingerprint density at radius 1 is 1.00 bits per heavy atom. The van der Waals surface area contributed by atoms with Gasteiger partial charge in [0.2, 0.25) is 0 Å². The van der Waals surface area contributed by atoms with Crippen molar-refractivity contribution in [1.82, 2.24) is 0 Å². The summed E-state index contributed by atoms with van der Waals surface area (Å²) in [5.74, 6) is 3.54. The second-order valence-corrected chi connectivity index (χ2v) is 9.00. The summed E-state index contributed by atoms with van der Waals surface area (Å²) < 4.78 is 0. The molecule has 21 heavy (non-hydrogen) atoms. The molecule has 0 saturated heterocycles. The van der Waals surface area contributed by atoms with E-state index in [-0.39, 0.29) is 11.5 Å². The molecule has 4 rings (SSSR count). The third kappa shape index (κ3) is 1.84. The fourth-order valence-electron chi connectivity index (χ4n) is 7.01. The van der Waals surface area contributed by atoms with Gasteiger partial charge in [-0.2, -0.15) is 0 Å². The predicted octanol–water partition coefficient (Wildman–Crippen LogP) is 3.96. The fourth-order valence-corrected chi connectivity index (χ4v) is 7.01. The lowest BCUT2D eigenvalue weighted by molar-refractivity contribution is -0.142. The van der Waals surface area contributed by atoms with Gasteiger partial charge in [-0.05, 0) is 80.5 Å². The second-order valence-electron chi connectivity index (χ2n) is 9.00. The SMILES string of the molecule is C[C@]12CC[C@H]3[C@@H](CCC4C[C@@H](O)CC[C@]43C)[C@@H]1CCC2=O. The number of Topliss-reactive ketones (excluding diaryl/α,β-unsaturated/α-hetero) is 1. The van der Waals surface area contributed by atoms with Crippen molar-refractivity contribution in [2.24, 2.45) is 34.5 Å². The van der Waals surface area contributed by atoms with Gasteiger partial charge in [-0.3, -0.25) is 4.79 Å². The summed E-state index contributed by atoms with van der Waals surface area (Å²) in [5, 5.41) is 10.0. The Labute approximate surface area is 128 Å². The first-order chi connectivity index (χ1) is 9.95. The van der Waals surface area contributed by atoms with Crippen molar-refractivity contribution in [3.8, 4) is 0 Å². The van der Waals surface area contributed by atoms with Crippen LogP contribution in [0.3, 0.4) is 0 Å². The Hall–Kier alpha value is -0.370. The molecule has 2 nitrogen and oxygen atoms in total. The summed E-state index contributed by atoms with van der Waals surface area (Å²) in [7, 11) is 0. The fraction of sp³-hybridized carbons (Fsp3) is 0.947. The van der Waals surface area contributed by atoms with Crippen LogP contribution in [0.15, 0.2) is 0 Å². The molecule has 4 aliphatic rings. The van der Waals surface area contributed by atoms with Gasteiger partial charge >= 0.3 is 0 Å². The summed E-state index contributed by atoms with van der Waals surface area (Å²) in [4.78, 5) is 12.4. The largest absolute Gasteiger partial charge is 0.393 e. The summed E-state index contributed by atoms with van der Waals surface area (Å²) in [6.45, 7) is 4.78. The first kappa shape index (κ1) is 14.2. The lowest BCUT2D eigenvalue weighted by Gasteiger charge is -2.60. The number of carbonyl (C=O) groups excluding carboxylic acids is 1. The van der Waals surface area contributed by atoms with E-state index in [2.05, 4.69) is 13.8 Å². The maximum absolute atomic E-state index is 12.4. The van der Waals surface area contributed by atoms with Gasteiger partial charge in [0, 0.05) is 11.8 Å². The van der Waals surface area contributed by atoms with Gasteiger partial charge in [0.1, 0.15) is 5.78 Å². The molecule has 0 aromatic carbocycles. The van der Waals surface area contributed by atoms with Gasteiger partial charge in [0.25, 0.3) is 0 Å². The number of fused-ring (bicyclic) bond motifs is 5. The summed E-state index contributed by atoms with van der Waals surface area (Å²) in [5.41, 5.74) is 0.452. The molecule has 0 amide bonds. The van der Waals surface area contributed by atoms with Crippen molar-refractivity contribution in [2.75, 3.05) is 0 Å². The van der Waals surface area contributed by atoms with Crippen LogP contribution in [0.4, 0.5) is 0 Å². The highest BCUT2D eigenvalue weighted by Gasteiger charge is 2.60. The molecule has 2 heteroatoms. The van der Waals surface area contributed by atoms with Crippen molar-refractivity contribution < 1.29 is 9.90 Å². The number of carbonyl (C=O) groups is 1. The van der Waals surface area contributed by atoms with Crippen LogP contribution >= 0.6 is 0 Å². The molecule has 118 valence electrons. The third-order valence-electron chi connectivity index (χ3n) is 8.35. The molecule has 7 atom stereocenters. The molecular weight excluding hydrogens is 260 g/mol. The van der Waals surface area contributed by atoms with Crippen LogP contribution < -0.4 is 0 Å². The highest BCUT2D eigenvalue weighted by atomic mass is 16.3. The standard InChI is InChI=1S/C19H30O2/c1-18-9-7-13(20)11-12(18)3-4-14-15-5-6-17(21)19(15,2)10-8-16(14)18/h12-16,20H,3-11H2,1-2H3/t12?,13-,14-,15-,16-,18+,19-/m0/s1. The van der Waals surface area contributed by atoms with Gasteiger partial charge in [-0.25, -0.2) is 0 Å². The van der Waals surface area contributed by atoms with Crippen LogP contribution in [0.1, 0.15) is 71.6 Å². The molecule has 0 bridgehead atoms. The molecule has 0 aliphatic heterocycles. The normalized spacial score (nSPS) is 56.5. The zero-order valence-corrected chi connectivity index (χ0v) is 13.6. The van der Waals surface area contributed by atoms with Gasteiger partial charge in [0.15, 0.2) is 0 Å². The molecule has 4 fully saturated rings. The van der Waals surface area contributed by atoms with E-state index >= 15 is 0 Å². The molecule has 0 spiro atoms. The van der Waals surface area contributed by atoms with E-state index in [1.165, 1.54) is 25.7 Å².